The number of nitrogens with zero attached hydrogens (tertiary/aromatic N) is 1. The van der Waals surface area contributed by atoms with Gasteiger partial charge in [-0.15, -0.1) is 0 Å². The van der Waals surface area contributed by atoms with E-state index in [4.69, 9.17) is 5.11 Å². The third kappa shape index (κ3) is 4.79. The minimum Gasteiger partial charge on any atom is -0.396 e. The highest BCUT2D eigenvalue weighted by Crippen LogP contribution is 2.17. The summed E-state index contributed by atoms with van der Waals surface area (Å²) in [4.78, 5) is 25.4. The van der Waals surface area contributed by atoms with Crippen LogP contribution < -0.4 is 10.9 Å². The molecule has 0 saturated carbocycles. The molecule has 0 aliphatic rings. The quantitative estimate of drug-likeness (QED) is 0.812. The highest BCUT2D eigenvalue weighted by Gasteiger charge is 2.17. The van der Waals surface area contributed by atoms with Crippen molar-refractivity contribution in [3.63, 3.8) is 0 Å². The van der Waals surface area contributed by atoms with E-state index < -0.39 is 5.91 Å². The van der Waals surface area contributed by atoms with Crippen molar-refractivity contribution in [1.82, 2.24) is 4.57 Å². The van der Waals surface area contributed by atoms with Gasteiger partial charge in [0.25, 0.3) is 11.5 Å². The van der Waals surface area contributed by atoms with Crippen LogP contribution in [0.15, 0.2) is 41.3 Å². The number of rotatable bonds is 7. The summed E-state index contributed by atoms with van der Waals surface area (Å²) in [6, 6.07) is 9.10. The van der Waals surface area contributed by atoms with Crippen molar-refractivity contribution in [1.29, 1.82) is 0 Å². The lowest BCUT2D eigenvalue weighted by Gasteiger charge is -2.14. The van der Waals surface area contributed by atoms with Crippen molar-refractivity contribution < 1.29 is 9.90 Å². The van der Waals surface area contributed by atoms with Crippen molar-refractivity contribution in [3.8, 4) is 0 Å². The van der Waals surface area contributed by atoms with Gasteiger partial charge in [-0.25, -0.2) is 0 Å². The van der Waals surface area contributed by atoms with Crippen molar-refractivity contribution in [3.05, 3.63) is 63.6 Å². The molecule has 2 rings (SSSR count). The summed E-state index contributed by atoms with van der Waals surface area (Å²) in [6.07, 6.45) is 3.07. The molecule has 0 spiro atoms. The Balaban J connectivity index is 2.30. The molecular weight excluding hydrogens is 316 g/mol. The number of hydrogen-bond donors (Lipinski definition) is 2. The van der Waals surface area contributed by atoms with Crippen molar-refractivity contribution in [2.24, 2.45) is 5.92 Å². The van der Waals surface area contributed by atoms with Crippen molar-refractivity contribution >= 4 is 11.6 Å². The van der Waals surface area contributed by atoms with E-state index >= 15 is 0 Å². The van der Waals surface area contributed by atoms with E-state index in [0.29, 0.717) is 30.1 Å². The summed E-state index contributed by atoms with van der Waals surface area (Å²) in [5, 5.41) is 12.0. The van der Waals surface area contributed by atoms with Gasteiger partial charge in [-0.3, -0.25) is 9.59 Å². The first kappa shape index (κ1) is 18.9. The Morgan fingerprint density at radius 2 is 1.96 bits per heavy atom. The summed E-state index contributed by atoms with van der Waals surface area (Å²) in [5.74, 6) is 0.0719. The third-order valence-electron chi connectivity index (χ3n) is 4.19. The number of aliphatic hydroxyl groups is 1. The van der Waals surface area contributed by atoms with Gasteiger partial charge in [0, 0.05) is 25.0 Å². The highest BCUT2D eigenvalue weighted by molar-refractivity contribution is 6.05. The zero-order valence-electron chi connectivity index (χ0n) is 15.1. The van der Waals surface area contributed by atoms with E-state index in [1.54, 1.807) is 29.8 Å². The van der Waals surface area contributed by atoms with Crippen LogP contribution in [0.5, 0.6) is 0 Å². The number of nitrogens with one attached hydrogen (secondary N) is 1. The van der Waals surface area contributed by atoms with Gasteiger partial charge in [-0.1, -0.05) is 32.0 Å². The molecule has 5 heteroatoms. The monoisotopic (exact) mass is 342 g/mol. The van der Waals surface area contributed by atoms with Gasteiger partial charge in [-0.05, 0) is 48.9 Å². The zero-order valence-corrected chi connectivity index (χ0v) is 15.1. The fourth-order valence-electron chi connectivity index (χ4n) is 2.68. The Morgan fingerprint density at radius 1 is 1.24 bits per heavy atom. The van der Waals surface area contributed by atoms with E-state index in [-0.39, 0.29) is 17.7 Å². The first-order valence-electron chi connectivity index (χ1n) is 8.64. The summed E-state index contributed by atoms with van der Waals surface area (Å²) in [5.41, 5.74) is 2.02. The molecule has 0 saturated heterocycles. The Labute approximate surface area is 148 Å². The molecule has 0 unspecified atom stereocenters. The molecule has 2 N–H and O–H groups in total. The second kappa shape index (κ2) is 8.62. The van der Waals surface area contributed by atoms with Gasteiger partial charge in [0.2, 0.25) is 0 Å². The number of anilines is 1. The smallest absolute Gasteiger partial charge is 0.263 e. The SMILES string of the molecule is Cc1ccn(CCC(C)C)c(=O)c1C(=O)Nc1ccccc1CCO. The Morgan fingerprint density at radius 3 is 2.64 bits per heavy atom. The minimum atomic E-state index is -0.410. The minimum absolute atomic E-state index is 0.000738. The zero-order chi connectivity index (χ0) is 18.4. The van der Waals surface area contributed by atoms with Gasteiger partial charge >= 0.3 is 0 Å². The normalized spacial score (nSPS) is 10.9. The molecule has 1 aromatic heterocycles. The van der Waals surface area contributed by atoms with Crippen LogP contribution in [0, 0.1) is 12.8 Å². The van der Waals surface area contributed by atoms with Crippen molar-refractivity contribution in [2.75, 3.05) is 11.9 Å². The summed E-state index contributed by atoms with van der Waals surface area (Å²) in [6.45, 7) is 6.57. The maximum absolute atomic E-state index is 12.7. The molecule has 0 atom stereocenters. The van der Waals surface area contributed by atoms with Crippen LogP contribution in [0.4, 0.5) is 5.69 Å². The maximum Gasteiger partial charge on any atom is 0.263 e. The second-order valence-electron chi connectivity index (χ2n) is 6.64. The predicted molar refractivity (Wildman–Crippen MR) is 100 cm³/mol. The van der Waals surface area contributed by atoms with E-state index in [0.717, 1.165) is 12.0 Å². The van der Waals surface area contributed by atoms with E-state index in [1.165, 1.54) is 0 Å². The second-order valence-corrected chi connectivity index (χ2v) is 6.64. The number of benzene rings is 1. The Kier molecular flexibility index (Phi) is 6.53. The predicted octanol–water partition coefficient (Wildman–Crippen LogP) is 2.99. The molecular formula is C20H26N2O3. The molecule has 1 heterocycles. The Bertz CT molecular complexity index is 794. The third-order valence-corrected chi connectivity index (χ3v) is 4.19. The number of pyridine rings is 1. The maximum atomic E-state index is 12.7. The van der Waals surface area contributed by atoms with Crippen LogP contribution in [0.3, 0.4) is 0 Å². The number of aliphatic hydroxyl groups excluding tert-OH is 1. The van der Waals surface area contributed by atoms with Crippen LogP contribution in [-0.2, 0) is 13.0 Å². The number of aryl methyl sites for hydroxylation is 2. The molecule has 0 aliphatic heterocycles. The largest absolute Gasteiger partial charge is 0.396 e. The number of amides is 1. The first-order chi connectivity index (χ1) is 11.9. The number of carbonyl (C=O) groups excluding carboxylic acids is 1. The standard InChI is InChI=1S/C20H26N2O3/c1-14(2)8-11-22-12-9-15(3)18(20(22)25)19(24)21-17-7-5-4-6-16(17)10-13-23/h4-7,9,12,14,23H,8,10-11,13H2,1-3H3,(H,21,24). The van der Waals surface area contributed by atoms with Gasteiger partial charge in [-0.2, -0.15) is 0 Å². The fourth-order valence-corrected chi connectivity index (χ4v) is 2.68. The lowest BCUT2D eigenvalue weighted by molar-refractivity contribution is 0.102. The fraction of sp³-hybridized carbons (Fsp3) is 0.400. The van der Waals surface area contributed by atoms with E-state index in [9.17, 15) is 9.59 Å². The molecule has 1 amide bonds. The van der Waals surface area contributed by atoms with Crippen LogP contribution in [0.1, 0.15) is 41.8 Å². The average molecular weight is 342 g/mol. The number of carbonyl (C=O) groups is 1. The lowest BCUT2D eigenvalue weighted by atomic mass is 10.1. The topological polar surface area (TPSA) is 71.3 Å². The Hall–Kier alpha value is -2.40. The molecule has 2 aromatic rings. The lowest BCUT2D eigenvalue weighted by Crippen LogP contribution is -2.30. The molecule has 0 radical (unpaired) electrons. The van der Waals surface area contributed by atoms with Gasteiger partial charge < -0.3 is 15.0 Å². The number of para-hydroxylation sites is 1. The summed E-state index contributed by atoms with van der Waals surface area (Å²) in [7, 11) is 0. The van der Waals surface area contributed by atoms with Crippen LogP contribution in [-0.4, -0.2) is 22.2 Å². The first-order valence-corrected chi connectivity index (χ1v) is 8.64. The molecule has 0 bridgehead atoms. The van der Waals surface area contributed by atoms with Crippen molar-refractivity contribution in [2.45, 2.75) is 40.2 Å². The molecule has 1 aromatic carbocycles. The molecule has 134 valence electrons. The van der Waals surface area contributed by atoms with Gasteiger partial charge in [0.1, 0.15) is 5.56 Å². The van der Waals surface area contributed by atoms with Crippen LogP contribution in [0.25, 0.3) is 0 Å². The average Bonchev–Trinajstić information content (AvgIpc) is 2.56. The molecule has 5 nitrogen and oxygen atoms in total. The number of hydrogen-bond acceptors (Lipinski definition) is 3. The molecule has 25 heavy (non-hydrogen) atoms. The van der Waals surface area contributed by atoms with Gasteiger partial charge in [0.05, 0.1) is 0 Å². The van der Waals surface area contributed by atoms with E-state index in [2.05, 4.69) is 19.2 Å². The molecule has 0 aliphatic carbocycles. The van der Waals surface area contributed by atoms with Crippen LogP contribution >= 0.6 is 0 Å². The highest BCUT2D eigenvalue weighted by atomic mass is 16.3. The summed E-state index contributed by atoms with van der Waals surface area (Å²) >= 11 is 0. The van der Waals surface area contributed by atoms with Gasteiger partial charge in [0.15, 0.2) is 0 Å². The van der Waals surface area contributed by atoms with Crippen LogP contribution in [0.2, 0.25) is 0 Å². The summed E-state index contributed by atoms with van der Waals surface area (Å²) < 4.78 is 1.60. The van der Waals surface area contributed by atoms with E-state index in [1.807, 2.05) is 18.2 Å². The molecule has 0 fully saturated rings. The number of aromatic nitrogens is 1.